The van der Waals surface area contributed by atoms with Crippen LogP contribution in [0.15, 0.2) is 67.1 Å². The molecule has 6 heteroatoms. The minimum Gasteiger partial charge on any atom is -0.314 e. The Hall–Kier alpha value is -3.38. The number of carbonyl (C=O) groups is 1. The van der Waals surface area contributed by atoms with Gasteiger partial charge >= 0.3 is 0 Å². The molecule has 0 saturated heterocycles. The summed E-state index contributed by atoms with van der Waals surface area (Å²) in [6, 6.07) is 16.0. The van der Waals surface area contributed by atoms with Crippen molar-refractivity contribution in [3.8, 4) is 22.5 Å². The third-order valence-electron chi connectivity index (χ3n) is 5.94. The van der Waals surface area contributed by atoms with Gasteiger partial charge in [0.1, 0.15) is 0 Å². The van der Waals surface area contributed by atoms with E-state index in [1.54, 1.807) is 23.0 Å². The highest BCUT2D eigenvalue weighted by Gasteiger charge is 2.17. The molecule has 4 rings (SSSR count). The van der Waals surface area contributed by atoms with Gasteiger partial charge in [-0.25, -0.2) is 9.50 Å². The Morgan fingerprint density at radius 1 is 1.09 bits per heavy atom. The normalized spacial score (nSPS) is 12.4. The number of rotatable bonds is 10. The predicted octanol–water partition coefficient (Wildman–Crippen LogP) is 5.45. The summed E-state index contributed by atoms with van der Waals surface area (Å²) < 4.78 is 1.74. The lowest BCUT2D eigenvalue weighted by atomic mass is 9.96. The zero-order chi connectivity index (χ0) is 23.2. The van der Waals surface area contributed by atoms with Gasteiger partial charge in [-0.3, -0.25) is 9.78 Å². The molecule has 0 radical (unpaired) electrons. The van der Waals surface area contributed by atoms with E-state index in [1.165, 1.54) is 0 Å². The number of hydrogen-bond donors (Lipinski definition) is 1. The molecule has 1 atom stereocenters. The van der Waals surface area contributed by atoms with E-state index in [4.69, 9.17) is 4.98 Å². The van der Waals surface area contributed by atoms with Gasteiger partial charge in [-0.2, -0.15) is 5.10 Å². The maximum atomic E-state index is 13.0. The van der Waals surface area contributed by atoms with Crippen molar-refractivity contribution in [1.29, 1.82) is 0 Å². The topological polar surface area (TPSA) is 72.2 Å². The van der Waals surface area contributed by atoms with Crippen LogP contribution in [0.5, 0.6) is 0 Å². The van der Waals surface area contributed by atoms with Gasteiger partial charge in [-0.1, -0.05) is 51.1 Å². The Balaban J connectivity index is 1.57. The second kappa shape index (κ2) is 10.5. The van der Waals surface area contributed by atoms with Gasteiger partial charge in [0.15, 0.2) is 11.4 Å². The van der Waals surface area contributed by atoms with Crippen molar-refractivity contribution in [2.45, 2.75) is 46.1 Å². The van der Waals surface area contributed by atoms with Gasteiger partial charge in [-0.15, -0.1) is 0 Å². The van der Waals surface area contributed by atoms with Crippen LogP contribution in [0, 0.1) is 5.92 Å². The molecule has 170 valence electrons. The number of fused-ring (bicyclic) bond motifs is 1. The first-order chi connectivity index (χ1) is 16.1. The molecule has 6 nitrogen and oxygen atoms in total. The first-order valence-corrected chi connectivity index (χ1v) is 11.7. The lowest BCUT2D eigenvalue weighted by Gasteiger charge is -2.22. The van der Waals surface area contributed by atoms with Gasteiger partial charge in [0.25, 0.3) is 0 Å². The molecule has 3 heterocycles. The highest BCUT2D eigenvalue weighted by Crippen LogP contribution is 2.25. The molecule has 33 heavy (non-hydrogen) atoms. The maximum Gasteiger partial charge on any atom is 0.164 e. The smallest absolute Gasteiger partial charge is 0.164 e. The highest BCUT2D eigenvalue weighted by molar-refractivity contribution is 5.97. The van der Waals surface area contributed by atoms with Crippen molar-refractivity contribution in [3.05, 3.63) is 72.7 Å². The van der Waals surface area contributed by atoms with E-state index in [9.17, 15) is 4.79 Å². The second-order valence-electron chi connectivity index (χ2n) is 8.70. The molecule has 0 aliphatic rings. The van der Waals surface area contributed by atoms with Crippen LogP contribution in [-0.4, -0.2) is 38.0 Å². The second-order valence-corrected chi connectivity index (χ2v) is 8.70. The summed E-state index contributed by atoms with van der Waals surface area (Å²) in [7, 11) is 0. The molecule has 4 aromatic rings. The number of aromatic nitrogens is 4. The molecule has 1 aromatic carbocycles. The zero-order valence-corrected chi connectivity index (χ0v) is 19.5. The Bertz CT molecular complexity index is 1220. The fourth-order valence-electron chi connectivity index (χ4n) is 4.00. The molecule has 0 saturated carbocycles. The number of nitrogens with zero attached hydrogens (tertiary/aromatic N) is 4. The Morgan fingerprint density at radius 2 is 1.91 bits per heavy atom. The molecule has 0 bridgehead atoms. The maximum absolute atomic E-state index is 13.0. The molecular weight excluding hydrogens is 410 g/mol. The summed E-state index contributed by atoms with van der Waals surface area (Å²) in [6.45, 7) is 7.53. The van der Waals surface area contributed by atoms with Gasteiger partial charge in [0, 0.05) is 36.0 Å². The van der Waals surface area contributed by atoms with Crippen molar-refractivity contribution < 1.29 is 4.79 Å². The molecule has 1 N–H and O–H groups in total. The molecule has 0 aliphatic carbocycles. The van der Waals surface area contributed by atoms with Crippen molar-refractivity contribution in [3.63, 3.8) is 0 Å². The van der Waals surface area contributed by atoms with Gasteiger partial charge in [0.05, 0.1) is 23.1 Å². The fourth-order valence-corrected chi connectivity index (χ4v) is 4.00. The summed E-state index contributed by atoms with van der Waals surface area (Å²) in [5.74, 6) is 0.623. The monoisotopic (exact) mass is 441 g/mol. The summed E-state index contributed by atoms with van der Waals surface area (Å²) in [4.78, 5) is 22.3. The largest absolute Gasteiger partial charge is 0.314 e. The summed E-state index contributed by atoms with van der Waals surface area (Å²) in [5, 5.41) is 8.00. The molecule has 1 unspecified atom stereocenters. The quantitative estimate of drug-likeness (QED) is 0.332. The fraction of sp³-hybridized carbons (Fsp3) is 0.333. The SMILES string of the molecule is CCCNC(CCC(=O)c1ccnc(-c2cnn3ccc(-c4ccccc4)nc23)c1)C(C)C. The van der Waals surface area contributed by atoms with Gasteiger partial charge in [-0.05, 0) is 43.5 Å². The standard InChI is InChI=1S/C27H31N5O/c1-4-14-28-23(19(2)3)10-11-26(33)21-12-15-29-25(17-21)22-18-30-32-16-13-24(31-27(22)32)20-8-6-5-7-9-20/h5-9,12-13,15-19,23,28H,4,10-11,14H2,1-3H3. The minimum absolute atomic E-state index is 0.136. The minimum atomic E-state index is 0.136. The van der Waals surface area contributed by atoms with E-state index in [1.807, 2.05) is 48.7 Å². The van der Waals surface area contributed by atoms with Crippen LogP contribution < -0.4 is 5.32 Å². The number of hydrogen-bond acceptors (Lipinski definition) is 5. The van der Waals surface area contributed by atoms with E-state index >= 15 is 0 Å². The van der Waals surface area contributed by atoms with E-state index < -0.39 is 0 Å². The van der Waals surface area contributed by atoms with Crippen molar-refractivity contribution >= 4 is 11.4 Å². The van der Waals surface area contributed by atoms with E-state index in [-0.39, 0.29) is 5.78 Å². The van der Waals surface area contributed by atoms with Crippen LogP contribution in [0.1, 0.15) is 50.4 Å². The van der Waals surface area contributed by atoms with Crippen LogP contribution in [0.25, 0.3) is 28.2 Å². The zero-order valence-electron chi connectivity index (χ0n) is 19.5. The third kappa shape index (κ3) is 5.34. The van der Waals surface area contributed by atoms with Crippen molar-refractivity contribution in [1.82, 2.24) is 24.9 Å². The molecular formula is C27H31N5O. The molecule has 3 aromatic heterocycles. The third-order valence-corrected chi connectivity index (χ3v) is 5.94. The van der Waals surface area contributed by atoms with Crippen LogP contribution in [0.4, 0.5) is 0 Å². The van der Waals surface area contributed by atoms with Crippen LogP contribution in [0.3, 0.4) is 0 Å². The molecule has 0 spiro atoms. The number of pyridine rings is 1. The van der Waals surface area contributed by atoms with Gasteiger partial charge in [0.2, 0.25) is 0 Å². The van der Waals surface area contributed by atoms with E-state index in [2.05, 4.69) is 36.2 Å². The Morgan fingerprint density at radius 3 is 2.67 bits per heavy atom. The average Bonchev–Trinajstić information content (AvgIpc) is 3.27. The Kier molecular flexibility index (Phi) is 7.25. The van der Waals surface area contributed by atoms with Gasteiger partial charge < -0.3 is 5.32 Å². The molecule has 0 fully saturated rings. The first-order valence-electron chi connectivity index (χ1n) is 11.7. The number of nitrogens with one attached hydrogen (secondary N) is 1. The van der Waals surface area contributed by atoms with E-state index in [0.717, 1.165) is 41.9 Å². The first kappa shape index (κ1) is 22.8. The summed E-state index contributed by atoms with van der Waals surface area (Å²) in [6.07, 6.45) is 7.78. The summed E-state index contributed by atoms with van der Waals surface area (Å²) >= 11 is 0. The molecule has 0 aliphatic heterocycles. The Labute approximate surface area is 195 Å². The highest BCUT2D eigenvalue weighted by atomic mass is 16.1. The lowest BCUT2D eigenvalue weighted by Crippen LogP contribution is -2.34. The number of ketones is 1. The van der Waals surface area contributed by atoms with Crippen molar-refractivity contribution in [2.75, 3.05) is 6.54 Å². The summed E-state index contributed by atoms with van der Waals surface area (Å²) in [5.41, 5.74) is 4.83. The molecule has 0 amide bonds. The van der Waals surface area contributed by atoms with E-state index in [0.29, 0.717) is 29.6 Å². The number of carbonyl (C=O) groups excluding carboxylic acids is 1. The van der Waals surface area contributed by atoms with Crippen LogP contribution in [0.2, 0.25) is 0 Å². The van der Waals surface area contributed by atoms with Crippen molar-refractivity contribution in [2.24, 2.45) is 5.92 Å². The predicted molar refractivity (Wildman–Crippen MR) is 132 cm³/mol. The number of benzene rings is 1. The number of Topliss-reactive ketones (excluding diaryl/α,β-unsaturated/α-hetero) is 1. The average molecular weight is 442 g/mol. The van der Waals surface area contributed by atoms with Crippen LogP contribution in [-0.2, 0) is 0 Å². The van der Waals surface area contributed by atoms with Crippen LogP contribution >= 0.6 is 0 Å². The lowest BCUT2D eigenvalue weighted by molar-refractivity contribution is 0.0973.